The summed E-state index contributed by atoms with van der Waals surface area (Å²) in [5.41, 5.74) is 8.51. The summed E-state index contributed by atoms with van der Waals surface area (Å²) in [7, 11) is 0. The summed E-state index contributed by atoms with van der Waals surface area (Å²) < 4.78 is 4.58. The second kappa shape index (κ2) is 11.4. The number of carbonyl (C=O) groups excluding carboxylic acids is 1. The van der Waals surface area contributed by atoms with Gasteiger partial charge in [0.05, 0.1) is 6.54 Å². The molecule has 0 spiro atoms. The molecule has 0 heterocycles. The number of carbonyl (C=O) groups is 2. The zero-order valence-electron chi connectivity index (χ0n) is 12.5. The first kappa shape index (κ1) is 19.8. The number of carboxylic acids is 1. The van der Waals surface area contributed by atoms with Crippen LogP contribution in [-0.2, 0) is 20.7 Å². The van der Waals surface area contributed by atoms with Crippen LogP contribution in [0.1, 0.15) is 15.3 Å². The standard InChI is InChI=1S/C9H11NO2.C6H11NO3.2H2/c10-8(9(11)12)6-7-4-2-1-3-5-7;1-5(2)6(8)10-4-3-7-9;;/h1-5,8H,6,10H2,(H,11,12);7,9H,1,3-4H2,2H3;2*1H. The summed E-state index contributed by atoms with van der Waals surface area (Å²) >= 11 is 0. The van der Waals surface area contributed by atoms with Crippen LogP contribution in [0.3, 0.4) is 0 Å². The number of rotatable bonds is 7. The Balaban J connectivity index is -0.000000345. The molecule has 5 N–H and O–H groups in total. The smallest absolute Gasteiger partial charge is 0.333 e. The van der Waals surface area contributed by atoms with Crippen molar-refractivity contribution in [2.45, 2.75) is 19.4 Å². The molecule has 7 heteroatoms. The fourth-order valence-electron chi connectivity index (χ4n) is 1.27. The molecule has 0 saturated carbocycles. The molecule has 1 aromatic carbocycles. The number of ether oxygens (including phenoxy) is 1. The highest BCUT2D eigenvalue weighted by atomic mass is 16.5. The molecule has 0 aliphatic carbocycles. The van der Waals surface area contributed by atoms with E-state index in [4.69, 9.17) is 16.0 Å². The third-order valence-corrected chi connectivity index (χ3v) is 2.41. The highest BCUT2D eigenvalue weighted by molar-refractivity contribution is 5.86. The van der Waals surface area contributed by atoms with Gasteiger partial charge in [-0.1, -0.05) is 36.9 Å². The first-order valence-corrected chi connectivity index (χ1v) is 6.60. The van der Waals surface area contributed by atoms with Crippen molar-refractivity contribution in [3.8, 4) is 0 Å². The summed E-state index contributed by atoms with van der Waals surface area (Å²) in [5, 5.41) is 16.6. The lowest BCUT2D eigenvalue weighted by molar-refractivity contribution is -0.139. The normalized spacial score (nSPS) is 10.9. The van der Waals surface area contributed by atoms with Crippen LogP contribution in [0.25, 0.3) is 0 Å². The van der Waals surface area contributed by atoms with Crippen LogP contribution in [0.5, 0.6) is 0 Å². The van der Waals surface area contributed by atoms with Crippen LogP contribution in [0.4, 0.5) is 0 Å². The van der Waals surface area contributed by atoms with Crippen molar-refractivity contribution in [1.82, 2.24) is 5.48 Å². The summed E-state index contributed by atoms with van der Waals surface area (Å²) in [6, 6.07) is 8.54. The number of nitrogens with one attached hydrogen (secondary N) is 1. The molecule has 0 saturated heterocycles. The van der Waals surface area contributed by atoms with Crippen LogP contribution in [0.15, 0.2) is 42.5 Å². The number of benzene rings is 1. The van der Waals surface area contributed by atoms with Crippen molar-refractivity contribution < 1.29 is 27.5 Å². The SMILES string of the molecule is C=C(C)C(=O)OCCNO.NC(Cc1ccccc1)C(=O)O.[HH].[HH]. The maximum Gasteiger partial charge on any atom is 0.333 e. The van der Waals surface area contributed by atoms with Gasteiger partial charge >= 0.3 is 11.9 Å². The summed E-state index contributed by atoms with van der Waals surface area (Å²) in [6.07, 6.45) is 0.385. The molecule has 1 unspecified atom stereocenters. The van der Waals surface area contributed by atoms with Crippen molar-refractivity contribution >= 4 is 11.9 Å². The van der Waals surface area contributed by atoms with E-state index in [1.165, 1.54) is 0 Å². The maximum atomic E-state index is 10.6. The first-order chi connectivity index (χ1) is 10.4. The second-order valence-electron chi connectivity index (χ2n) is 4.46. The van der Waals surface area contributed by atoms with Gasteiger partial charge in [0.1, 0.15) is 12.6 Å². The fraction of sp³-hybridized carbons (Fsp3) is 0.333. The van der Waals surface area contributed by atoms with Gasteiger partial charge in [-0.2, -0.15) is 0 Å². The number of hydrogen-bond donors (Lipinski definition) is 4. The highest BCUT2D eigenvalue weighted by Crippen LogP contribution is 2.01. The van der Waals surface area contributed by atoms with Gasteiger partial charge in [-0.3, -0.25) is 4.79 Å². The maximum absolute atomic E-state index is 10.6. The van der Waals surface area contributed by atoms with E-state index in [1.54, 1.807) is 6.92 Å². The molecule has 0 aliphatic rings. The first-order valence-electron chi connectivity index (χ1n) is 6.60. The zero-order valence-corrected chi connectivity index (χ0v) is 12.5. The van der Waals surface area contributed by atoms with E-state index < -0.39 is 18.0 Å². The van der Waals surface area contributed by atoms with Gasteiger partial charge in [0.25, 0.3) is 0 Å². The van der Waals surface area contributed by atoms with Crippen molar-refractivity contribution in [2.75, 3.05) is 13.2 Å². The molecule has 0 aliphatic heterocycles. The van der Waals surface area contributed by atoms with Crippen LogP contribution in [-0.4, -0.2) is 41.4 Å². The van der Waals surface area contributed by atoms with Gasteiger partial charge in [-0.05, 0) is 18.9 Å². The number of hydrogen-bond acceptors (Lipinski definition) is 6. The summed E-state index contributed by atoms with van der Waals surface area (Å²) in [6.45, 7) is 5.33. The lowest BCUT2D eigenvalue weighted by Gasteiger charge is -2.04. The molecule has 0 radical (unpaired) electrons. The largest absolute Gasteiger partial charge is 0.480 e. The monoisotopic (exact) mass is 314 g/mol. The number of hydroxylamine groups is 1. The minimum Gasteiger partial charge on any atom is -0.480 e. The van der Waals surface area contributed by atoms with Gasteiger partial charge in [0, 0.05) is 8.43 Å². The van der Waals surface area contributed by atoms with E-state index >= 15 is 0 Å². The number of nitrogens with two attached hydrogens (primary N) is 1. The molecule has 1 aromatic rings. The molecule has 126 valence electrons. The Morgan fingerprint density at radius 2 is 2.00 bits per heavy atom. The van der Waals surface area contributed by atoms with Gasteiger partial charge < -0.3 is 20.8 Å². The number of esters is 1. The van der Waals surface area contributed by atoms with Crippen molar-refractivity contribution in [2.24, 2.45) is 5.73 Å². The van der Waals surface area contributed by atoms with Crippen LogP contribution < -0.4 is 11.2 Å². The van der Waals surface area contributed by atoms with Crippen LogP contribution in [0.2, 0.25) is 0 Å². The number of aliphatic carboxylic acids is 1. The quantitative estimate of drug-likeness (QED) is 0.258. The van der Waals surface area contributed by atoms with Crippen LogP contribution >= 0.6 is 0 Å². The average Bonchev–Trinajstić information content (AvgIpc) is 2.48. The van der Waals surface area contributed by atoms with Crippen molar-refractivity contribution in [3.63, 3.8) is 0 Å². The Morgan fingerprint density at radius 3 is 2.45 bits per heavy atom. The van der Waals surface area contributed by atoms with Crippen molar-refractivity contribution in [3.05, 3.63) is 48.0 Å². The molecule has 0 amide bonds. The summed E-state index contributed by atoms with van der Waals surface area (Å²) in [4.78, 5) is 21.0. The molecule has 1 rings (SSSR count). The van der Waals surface area contributed by atoms with Gasteiger partial charge in [0.15, 0.2) is 0 Å². The lowest BCUT2D eigenvalue weighted by atomic mass is 10.1. The average molecular weight is 314 g/mol. The molecule has 0 aromatic heterocycles. The molecule has 22 heavy (non-hydrogen) atoms. The van der Waals surface area contributed by atoms with Crippen LogP contribution in [0, 0.1) is 0 Å². The van der Waals surface area contributed by atoms with E-state index in [1.807, 2.05) is 35.8 Å². The Bertz CT molecular complexity index is 486. The second-order valence-corrected chi connectivity index (χ2v) is 4.46. The topological polar surface area (TPSA) is 122 Å². The zero-order chi connectivity index (χ0) is 17.0. The highest BCUT2D eigenvalue weighted by Gasteiger charge is 2.10. The molecular formula is C15H26N2O5. The van der Waals surface area contributed by atoms with E-state index in [-0.39, 0.29) is 16.0 Å². The fourth-order valence-corrected chi connectivity index (χ4v) is 1.27. The predicted molar refractivity (Wildman–Crippen MR) is 85.5 cm³/mol. The van der Waals surface area contributed by atoms with Crippen molar-refractivity contribution in [1.29, 1.82) is 0 Å². The Labute approximate surface area is 132 Å². The van der Waals surface area contributed by atoms with Gasteiger partial charge in [-0.25, -0.2) is 10.3 Å². The Kier molecular flexibility index (Phi) is 10.3. The predicted octanol–water partition coefficient (Wildman–Crippen LogP) is 1.22. The van der Waals surface area contributed by atoms with E-state index in [0.29, 0.717) is 12.0 Å². The van der Waals surface area contributed by atoms with E-state index in [9.17, 15) is 9.59 Å². The summed E-state index contributed by atoms with van der Waals surface area (Å²) in [5.74, 6) is -1.39. The Morgan fingerprint density at radius 1 is 1.41 bits per heavy atom. The molecule has 1 atom stereocenters. The third-order valence-electron chi connectivity index (χ3n) is 2.41. The Hall–Kier alpha value is -2.22. The number of carboxylic acid groups (broad SMARTS) is 1. The van der Waals surface area contributed by atoms with Gasteiger partial charge in [-0.15, -0.1) is 0 Å². The van der Waals surface area contributed by atoms with E-state index in [2.05, 4.69) is 11.3 Å². The van der Waals surface area contributed by atoms with Gasteiger partial charge in [0.2, 0.25) is 0 Å². The third kappa shape index (κ3) is 9.65. The molecule has 7 nitrogen and oxygen atoms in total. The minimum atomic E-state index is -0.959. The minimum absolute atomic E-state index is 0. The molecule has 0 bridgehead atoms. The van der Waals surface area contributed by atoms with E-state index in [0.717, 1.165) is 5.56 Å². The lowest BCUT2D eigenvalue weighted by Crippen LogP contribution is -2.32. The molecule has 0 fully saturated rings. The molecular weight excluding hydrogens is 288 g/mol.